The number of H-pyrrole nitrogens is 1. The zero-order valence-electron chi connectivity index (χ0n) is 12.9. The maximum absolute atomic E-state index is 13.1. The summed E-state index contributed by atoms with van der Waals surface area (Å²) in [7, 11) is 0. The second kappa shape index (κ2) is 4.96. The molecule has 0 radical (unpaired) electrons. The molecule has 0 aliphatic carbocycles. The van der Waals surface area contributed by atoms with Crippen molar-refractivity contribution in [2.24, 2.45) is 0 Å². The topological polar surface area (TPSA) is 56.3 Å². The van der Waals surface area contributed by atoms with E-state index in [-0.39, 0.29) is 5.91 Å². The molecule has 0 spiro atoms. The lowest BCUT2D eigenvalue weighted by Gasteiger charge is -2.23. The molecule has 1 aromatic heterocycles. The Hall–Kier alpha value is -2.59. The summed E-state index contributed by atoms with van der Waals surface area (Å²) in [6, 6.07) is 15.2. The Morgan fingerprint density at radius 2 is 1.83 bits per heavy atom. The van der Waals surface area contributed by atoms with Gasteiger partial charge < -0.3 is 15.0 Å². The minimum absolute atomic E-state index is 0.273. The van der Waals surface area contributed by atoms with E-state index in [0.717, 1.165) is 23.0 Å². The van der Waals surface area contributed by atoms with Crippen molar-refractivity contribution in [2.75, 3.05) is 11.4 Å². The van der Waals surface area contributed by atoms with E-state index in [1.54, 1.807) is 11.1 Å². The van der Waals surface area contributed by atoms with Crippen LogP contribution in [0.25, 0.3) is 10.9 Å². The number of aliphatic hydroxyl groups is 1. The van der Waals surface area contributed by atoms with E-state index < -0.39 is 5.60 Å². The predicted octanol–water partition coefficient (Wildman–Crippen LogP) is 3.16. The Balaban J connectivity index is 1.98. The quantitative estimate of drug-likeness (QED) is 0.781. The third-order valence-corrected chi connectivity index (χ3v) is 4.57. The first-order valence-corrected chi connectivity index (χ1v) is 7.88. The van der Waals surface area contributed by atoms with Crippen molar-refractivity contribution in [1.82, 2.24) is 4.98 Å². The molecule has 0 fully saturated rings. The number of anilines is 1. The standard InChI is InChI=1S/C19H18N2O2/c1-2-11-21-17-10-6-4-8-14(17)19(23,18(21)22)15-12-20-16-9-5-3-7-13(15)16/h3-10,12,20,23H,2,11H2,1H3. The van der Waals surface area contributed by atoms with Gasteiger partial charge in [0.15, 0.2) is 5.60 Å². The van der Waals surface area contributed by atoms with Crippen LogP contribution in [0.4, 0.5) is 5.69 Å². The molecule has 1 aliphatic rings. The van der Waals surface area contributed by atoms with E-state index in [9.17, 15) is 9.90 Å². The van der Waals surface area contributed by atoms with Gasteiger partial charge in [-0.2, -0.15) is 0 Å². The van der Waals surface area contributed by atoms with Crippen LogP contribution in [-0.2, 0) is 10.4 Å². The van der Waals surface area contributed by atoms with Gasteiger partial charge in [-0.05, 0) is 18.6 Å². The molecule has 0 bridgehead atoms. The fourth-order valence-electron chi connectivity index (χ4n) is 3.51. The van der Waals surface area contributed by atoms with Gasteiger partial charge in [0.25, 0.3) is 5.91 Å². The van der Waals surface area contributed by atoms with Crippen molar-refractivity contribution < 1.29 is 9.90 Å². The summed E-state index contributed by atoms with van der Waals surface area (Å²) in [6.45, 7) is 2.62. The largest absolute Gasteiger partial charge is 0.372 e. The van der Waals surface area contributed by atoms with Crippen LogP contribution in [0.1, 0.15) is 24.5 Å². The highest BCUT2D eigenvalue weighted by atomic mass is 16.3. The molecule has 4 rings (SSSR count). The van der Waals surface area contributed by atoms with E-state index in [1.807, 2.05) is 55.5 Å². The summed E-state index contributed by atoms with van der Waals surface area (Å²) in [4.78, 5) is 17.9. The van der Waals surface area contributed by atoms with Gasteiger partial charge in [-0.1, -0.05) is 43.3 Å². The van der Waals surface area contributed by atoms with Crippen molar-refractivity contribution in [3.05, 3.63) is 65.9 Å². The van der Waals surface area contributed by atoms with Gasteiger partial charge in [-0.3, -0.25) is 4.79 Å². The molecule has 4 nitrogen and oxygen atoms in total. The molecule has 116 valence electrons. The SMILES string of the molecule is CCCN1C(=O)C(O)(c2c[nH]c3ccccc23)c2ccccc21. The highest BCUT2D eigenvalue weighted by Gasteiger charge is 2.51. The summed E-state index contributed by atoms with van der Waals surface area (Å²) >= 11 is 0. The van der Waals surface area contributed by atoms with Gasteiger partial charge in [-0.15, -0.1) is 0 Å². The number of aromatic amines is 1. The van der Waals surface area contributed by atoms with Crippen LogP contribution < -0.4 is 4.90 Å². The number of hydrogen-bond acceptors (Lipinski definition) is 2. The number of carbonyl (C=O) groups is 1. The highest BCUT2D eigenvalue weighted by molar-refractivity contribution is 6.11. The van der Waals surface area contributed by atoms with Gasteiger partial charge in [0.05, 0.1) is 5.69 Å². The number of para-hydroxylation sites is 2. The maximum atomic E-state index is 13.1. The fraction of sp³-hybridized carbons (Fsp3) is 0.211. The fourth-order valence-corrected chi connectivity index (χ4v) is 3.51. The van der Waals surface area contributed by atoms with Crippen molar-refractivity contribution in [1.29, 1.82) is 0 Å². The summed E-state index contributed by atoms with van der Waals surface area (Å²) in [5, 5.41) is 12.3. The third-order valence-electron chi connectivity index (χ3n) is 4.57. The van der Waals surface area contributed by atoms with Crippen LogP contribution in [0.5, 0.6) is 0 Å². The van der Waals surface area contributed by atoms with Gasteiger partial charge in [0.2, 0.25) is 0 Å². The Labute approximate surface area is 134 Å². The van der Waals surface area contributed by atoms with Crippen LogP contribution in [0.2, 0.25) is 0 Å². The molecule has 3 aromatic rings. The first-order valence-electron chi connectivity index (χ1n) is 7.88. The first-order chi connectivity index (χ1) is 11.2. The Bertz CT molecular complexity index is 899. The van der Waals surface area contributed by atoms with E-state index in [0.29, 0.717) is 17.7 Å². The van der Waals surface area contributed by atoms with E-state index in [1.165, 1.54) is 0 Å². The molecule has 1 atom stereocenters. The molecule has 1 unspecified atom stereocenters. The van der Waals surface area contributed by atoms with Crippen molar-refractivity contribution in [2.45, 2.75) is 18.9 Å². The lowest BCUT2D eigenvalue weighted by Crippen LogP contribution is -2.41. The van der Waals surface area contributed by atoms with Crippen LogP contribution in [0.3, 0.4) is 0 Å². The lowest BCUT2D eigenvalue weighted by atomic mass is 9.87. The second-order valence-electron chi connectivity index (χ2n) is 5.93. The number of carbonyl (C=O) groups excluding carboxylic acids is 1. The Morgan fingerprint density at radius 3 is 2.65 bits per heavy atom. The summed E-state index contributed by atoms with van der Waals surface area (Å²) in [6.07, 6.45) is 2.58. The smallest absolute Gasteiger partial charge is 0.268 e. The molecule has 2 heterocycles. The molecule has 2 N–H and O–H groups in total. The number of nitrogens with zero attached hydrogens (tertiary/aromatic N) is 1. The van der Waals surface area contributed by atoms with Gasteiger partial charge in [-0.25, -0.2) is 0 Å². The number of nitrogens with one attached hydrogen (secondary N) is 1. The lowest BCUT2D eigenvalue weighted by molar-refractivity contribution is -0.132. The van der Waals surface area contributed by atoms with Crippen molar-refractivity contribution >= 4 is 22.5 Å². The average Bonchev–Trinajstić information content (AvgIpc) is 3.10. The minimum atomic E-state index is -1.63. The van der Waals surface area contributed by atoms with E-state index >= 15 is 0 Å². The number of benzene rings is 2. The normalized spacial score (nSPS) is 20.3. The molecular weight excluding hydrogens is 288 g/mol. The summed E-state index contributed by atoms with van der Waals surface area (Å²) in [5.74, 6) is -0.273. The van der Waals surface area contributed by atoms with Gasteiger partial charge in [0, 0.05) is 34.8 Å². The molecule has 1 aliphatic heterocycles. The third kappa shape index (κ3) is 1.79. The predicted molar refractivity (Wildman–Crippen MR) is 90.4 cm³/mol. The molecular formula is C19H18N2O2. The summed E-state index contributed by atoms with van der Waals surface area (Å²) in [5.41, 5.74) is 1.35. The van der Waals surface area contributed by atoms with E-state index in [4.69, 9.17) is 0 Å². The van der Waals surface area contributed by atoms with Gasteiger partial charge in [0.1, 0.15) is 0 Å². The zero-order valence-corrected chi connectivity index (χ0v) is 12.9. The highest BCUT2D eigenvalue weighted by Crippen LogP contribution is 2.46. The molecule has 4 heteroatoms. The Morgan fingerprint density at radius 1 is 1.09 bits per heavy atom. The number of amides is 1. The van der Waals surface area contributed by atoms with Crippen LogP contribution in [0, 0.1) is 0 Å². The summed E-state index contributed by atoms with van der Waals surface area (Å²) < 4.78 is 0. The molecule has 23 heavy (non-hydrogen) atoms. The number of aromatic nitrogens is 1. The van der Waals surface area contributed by atoms with Crippen molar-refractivity contribution in [3.63, 3.8) is 0 Å². The number of fused-ring (bicyclic) bond motifs is 2. The molecule has 0 saturated heterocycles. The number of rotatable bonds is 3. The molecule has 0 saturated carbocycles. The van der Waals surface area contributed by atoms with E-state index in [2.05, 4.69) is 4.98 Å². The molecule has 2 aromatic carbocycles. The maximum Gasteiger partial charge on any atom is 0.268 e. The average molecular weight is 306 g/mol. The first kappa shape index (κ1) is 14.0. The van der Waals surface area contributed by atoms with Crippen LogP contribution in [-0.4, -0.2) is 22.5 Å². The number of hydrogen-bond donors (Lipinski definition) is 2. The van der Waals surface area contributed by atoms with Crippen LogP contribution >= 0.6 is 0 Å². The zero-order chi connectivity index (χ0) is 16.0. The minimum Gasteiger partial charge on any atom is -0.372 e. The van der Waals surface area contributed by atoms with Crippen molar-refractivity contribution in [3.8, 4) is 0 Å². The van der Waals surface area contributed by atoms with Crippen LogP contribution in [0.15, 0.2) is 54.7 Å². The molecule has 1 amide bonds. The monoisotopic (exact) mass is 306 g/mol. The second-order valence-corrected chi connectivity index (χ2v) is 5.93. The van der Waals surface area contributed by atoms with Gasteiger partial charge >= 0.3 is 0 Å². The Kier molecular flexibility index (Phi) is 3.03.